The van der Waals surface area contributed by atoms with E-state index in [1.54, 1.807) is 0 Å². The molecule has 1 aromatic rings. The van der Waals surface area contributed by atoms with Crippen LogP contribution < -0.4 is 10.8 Å². The van der Waals surface area contributed by atoms with E-state index in [0.29, 0.717) is 12.2 Å². The van der Waals surface area contributed by atoms with Gasteiger partial charge in [-0.1, -0.05) is 0 Å². The summed E-state index contributed by atoms with van der Waals surface area (Å²) in [5.41, 5.74) is 1.77. The first-order valence-corrected chi connectivity index (χ1v) is 6.16. The van der Waals surface area contributed by atoms with Crippen LogP contribution in [0.15, 0.2) is 6.20 Å². The summed E-state index contributed by atoms with van der Waals surface area (Å²) < 4.78 is 12.0. The van der Waals surface area contributed by atoms with E-state index in [-0.39, 0.29) is 17.1 Å². The third-order valence-electron chi connectivity index (χ3n) is 4.18. The van der Waals surface area contributed by atoms with Crippen molar-refractivity contribution < 1.29 is 14.1 Å². The van der Waals surface area contributed by atoms with Crippen molar-refractivity contribution in [1.29, 1.82) is 0 Å². The van der Waals surface area contributed by atoms with Crippen LogP contribution in [0, 0.1) is 0 Å². The van der Waals surface area contributed by atoms with Crippen LogP contribution in [0.4, 0.5) is 0 Å². The van der Waals surface area contributed by atoms with Crippen LogP contribution in [-0.2, 0) is 15.9 Å². The van der Waals surface area contributed by atoms with E-state index in [9.17, 15) is 4.79 Å². The Kier molecular flexibility index (Phi) is 2.22. The summed E-state index contributed by atoms with van der Waals surface area (Å²) in [6.45, 7) is 8.61. The van der Waals surface area contributed by atoms with E-state index in [1.807, 2.05) is 33.9 Å². The normalized spacial score (nSPS) is 24.2. The minimum atomic E-state index is -0.414. The molecule has 3 rings (SSSR count). The Hall–Kier alpha value is -1.27. The topological polar surface area (TPSA) is 63.3 Å². The lowest BCUT2D eigenvalue weighted by Crippen LogP contribution is -2.41. The molecule has 6 heteroatoms. The molecule has 96 valence electrons. The van der Waals surface area contributed by atoms with Crippen LogP contribution in [0.5, 0.6) is 0 Å². The molecule has 1 amide bonds. The number of aromatic amines is 1. The van der Waals surface area contributed by atoms with E-state index in [4.69, 9.17) is 9.31 Å². The number of hydrogen-bond donors (Lipinski definition) is 2. The third kappa shape index (κ3) is 1.45. The molecule has 5 nitrogen and oxygen atoms in total. The maximum absolute atomic E-state index is 11.5. The van der Waals surface area contributed by atoms with Gasteiger partial charge in [0.05, 0.1) is 11.2 Å². The highest BCUT2D eigenvalue weighted by Gasteiger charge is 2.53. The lowest BCUT2D eigenvalue weighted by molar-refractivity contribution is 0.00578. The molecule has 0 radical (unpaired) electrons. The van der Waals surface area contributed by atoms with Gasteiger partial charge in [0, 0.05) is 23.8 Å². The fourth-order valence-corrected chi connectivity index (χ4v) is 2.30. The van der Waals surface area contributed by atoms with Crippen molar-refractivity contribution in [3.8, 4) is 0 Å². The lowest BCUT2D eigenvalue weighted by Gasteiger charge is -2.32. The zero-order valence-electron chi connectivity index (χ0n) is 11.1. The molecule has 0 saturated carbocycles. The third-order valence-corrected chi connectivity index (χ3v) is 4.18. The molecule has 2 N–H and O–H groups in total. The molecule has 0 aliphatic carbocycles. The minimum Gasteiger partial charge on any atom is -0.399 e. The summed E-state index contributed by atoms with van der Waals surface area (Å²) in [6.07, 6.45) is 1.81. The maximum atomic E-state index is 11.5. The van der Waals surface area contributed by atoms with E-state index in [1.165, 1.54) is 0 Å². The number of fused-ring (bicyclic) bond motifs is 1. The predicted octanol–water partition coefficient (Wildman–Crippen LogP) is 0.557. The first kappa shape index (κ1) is 11.8. The van der Waals surface area contributed by atoms with Crippen LogP contribution >= 0.6 is 0 Å². The van der Waals surface area contributed by atoms with Crippen molar-refractivity contribution in [2.45, 2.75) is 45.4 Å². The van der Waals surface area contributed by atoms with Gasteiger partial charge >= 0.3 is 7.12 Å². The predicted molar refractivity (Wildman–Crippen MR) is 67.7 cm³/mol. The number of nitrogens with one attached hydrogen (secondary N) is 2. The average molecular weight is 248 g/mol. The number of amides is 1. The fraction of sp³-hybridized carbons (Fsp3) is 0.583. The Balaban J connectivity index is 1.95. The number of rotatable bonds is 1. The van der Waals surface area contributed by atoms with E-state index >= 15 is 0 Å². The number of H-pyrrole nitrogens is 1. The first-order chi connectivity index (χ1) is 8.32. The van der Waals surface area contributed by atoms with Gasteiger partial charge in [-0.2, -0.15) is 0 Å². The largest absolute Gasteiger partial charge is 0.496 e. The van der Waals surface area contributed by atoms with E-state index in [2.05, 4.69) is 10.3 Å². The van der Waals surface area contributed by atoms with Crippen LogP contribution in [-0.4, -0.2) is 29.2 Å². The molecule has 18 heavy (non-hydrogen) atoms. The van der Waals surface area contributed by atoms with Crippen LogP contribution in [0.25, 0.3) is 0 Å². The first-order valence-electron chi connectivity index (χ1n) is 6.16. The van der Waals surface area contributed by atoms with Gasteiger partial charge in [-0.15, -0.1) is 0 Å². The molecule has 2 aliphatic rings. The van der Waals surface area contributed by atoms with Crippen molar-refractivity contribution in [3.63, 3.8) is 0 Å². The molecule has 0 bridgehead atoms. The van der Waals surface area contributed by atoms with Gasteiger partial charge in [-0.05, 0) is 27.7 Å². The van der Waals surface area contributed by atoms with Gasteiger partial charge in [0.15, 0.2) is 0 Å². The lowest BCUT2D eigenvalue weighted by atomic mass is 9.78. The zero-order valence-corrected chi connectivity index (χ0v) is 11.1. The number of carbonyl (C=O) groups is 1. The Morgan fingerprint density at radius 1 is 1.22 bits per heavy atom. The van der Waals surface area contributed by atoms with Crippen molar-refractivity contribution in [2.24, 2.45) is 0 Å². The number of carbonyl (C=O) groups excluding carboxylic acids is 1. The molecule has 0 unspecified atom stereocenters. The number of aromatic nitrogens is 1. The van der Waals surface area contributed by atoms with Crippen molar-refractivity contribution in [2.75, 3.05) is 0 Å². The Bertz CT molecular complexity index is 505. The van der Waals surface area contributed by atoms with Crippen LogP contribution in [0.2, 0.25) is 0 Å². The van der Waals surface area contributed by atoms with Crippen molar-refractivity contribution >= 4 is 18.5 Å². The van der Waals surface area contributed by atoms with Gasteiger partial charge in [-0.3, -0.25) is 4.79 Å². The number of hydrogen-bond acceptors (Lipinski definition) is 3. The second-order valence-electron chi connectivity index (χ2n) is 5.87. The molecule has 1 aromatic heterocycles. The molecule has 3 heterocycles. The smallest absolute Gasteiger partial charge is 0.399 e. The SMILES string of the molecule is CC1(C)OB(c2c[nH]c3c2CNC3=O)OC1(C)C. The quantitative estimate of drug-likeness (QED) is 0.713. The summed E-state index contributed by atoms with van der Waals surface area (Å²) in [4.78, 5) is 14.5. The maximum Gasteiger partial charge on any atom is 0.496 e. The zero-order chi connectivity index (χ0) is 13.1. The van der Waals surface area contributed by atoms with E-state index in [0.717, 1.165) is 11.0 Å². The Labute approximate surface area is 106 Å². The molecular formula is C12H17BN2O3. The standard InChI is InChI=1S/C12H17BN2O3/c1-11(2)12(3,4)18-13(17-11)8-6-14-9-7(8)5-15-10(9)16/h6,14H,5H2,1-4H3,(H,15,16). The highest BCUT2D eigenvalue weighted by atomic mass is 16.7. The van der Waals surface area contributed by atoms with Crippen LogP contribution in [0.1, 0.15) is 43.7 Å². The highest BCUT2D eigenvalue weighted by molar-refractivity contribution is 6.63. The molecular weight excluding hydrogens is 231 g/mol. The molecule has 0 spiro atoms. The summed E-state index contributed by atoms with van der Waals surface area (Å²) in [5.74, 6) is -0.0623. The average Bonchev–Trinajstić information content (AvgIpc) is 2.84. The van der Waals surface area contributed by atoms with Gasteiger partial charge in [0.1, 0.15) is 5.69 Å². The highest BCUT2D eigenvalue weighted by Crippen LogP contribution is 2.36. The fourth-order valence-electron chi connectivity index (χ4n) is 2.30. The molecule has 2 aliphatic heterocycles. The van der Waals surface area contributed by atoms with Crippen LogP contribution in [0.3, 0.4) is 0 Å². The summed E-state index contributed by atoms with van der Waals surface area (Å²) in [7, 11) is -0.414. The van der Waals surface area contributed by atoms with Gasteiger partial charge in [-0.25, -0.2) is 0 Å². The summed E-state index contributed by atoms with van der Waals surface area (Å²) in [6, 6.07) is 0. The molecule has 1 saturated heterocycles. The second kappa shape index (κ2) is 3.39. The van der Waals surface area contributed by atoms with Gasteiger partial charge < -0.3 is 19.6 Å². The second-order valence-corrected chi connectivity index (χ2v) is 5.87. The molecule has 1 fully saturated rings. The summed E-state index contributed by atoms with van der Waals surface area (Å²) in [5, 5.41) is 2.79. The Morgan fingerprint density at radius 3 is 2.44 bits per heavy atom. The van der Waals surface area contributed by atoms with Gasteiger partial charge in [0.2, 0.25) is 0 Å². The van der Waals surface area contributed by atoms with Gasteiger partial charge in [0.25, 0.3) is 5.91 Å². The van der Waals surface area contributed by atoms with Crippen molar-refractivity contribution in [3.05, 3.63) is 17.5 Å². The Morgan fingerprint density at radius 2 is 1.83 bits per heavy atom. The van der Waals surface area contributed by atoms with E-state index < -0.39 is 7.12 Å². The molecule has 0 aromatic carbocycles. The summed E-state index contributed by atoms with van der Waals surface area (Å²) >= 11 is 0. The van der Waals surface area contributed by atoms with Crippen molar-refractivity contribution in [1.82, 2.24) is 10.3 Å². The molecule has 0 atom stereocenters. The monoisotopic (exact) mass is 248 g/mol. The minimum absolute atomic E-state index is 0.0623.